The Morgan fingerprint density at radius 3 is 3.00 bits per heavy atom. The summed E-state index contributed by atoms with van der Waals surface area (Å²) < 4.78 is 4.85. The van der Waals surface area contributed by atoms with Gasteiger partial charge in [0.15, 0.2) is 0 Å². The fraction of sp³-hybridized carbons (Fsp3) is 0.700. The number of carbonyl (C=O) groups is 1. The smallest absolute Gasteiger partial charge is 0.291 e. The first kappa shape index (κ1) is 13.6. The Labute approximate surface area is 99.6 Å². The van der Waals surface area contributed by atoms with Crippen LogP contribution in [0, 0.1) is 0 Å². The summed E-state index contributed by atoms with van der Waals surface area (Å²) in [5.74, 6) is 0.354. The van der Waals surface area contributed by atoms with Crippen molar-refractivity contribution in [3.8, 4) is 0 Å². The van der Waals surface area contributed by atoms with Crippen molar-refractivity contribution in [2.24, 2.45) is 0 Å². The first-order chi connectivity index (χ1) is 8.21. The van der Waals surface area contributed by atoms with Crippen LogP contribution in [-0.4, -0.2) is 52.6 Å². The zero-order valence-corrected chi connectivity index (χ0v) is 10.1. The Morgan fingerprint density at radius 2 is 2.41 bits per heavy atom. The van der Waals surface area contributed by atoms with Crippen molar-refractivity contribution in [2.75, 3.05) is 20.3 Å². The van der Waals surface area contributed by atoms with E-state index in [4.69, 9.17) is 9.84 Å². The van der Waals surface area contributed by atoms with Gasteiger partial charge in [0, 0.05) is 13.5 Å². The first-order valence-electron chi connectivity index (χ1n) is 5.53. The predicted molar refractivity (Wildman–Crippen MR) is 60.6 cm³/mol. The zero-order valence-electron chi connectivity index (χ0n) is 10.1. The molecule has 0 spiro atoms. The van der Waals surface area contributed by atoms with E-state index in [9.17, 15) is 4.79 Å². The molecule has 1 rings (SSSR count). The molecule has 7 heteroatoms. The molecular formula is C10H18N4O3. The number of rotatable bonds is 7. The van der Waals surface area contributed by atoms with Crippen LogP contribution in [0.1, 0.15) is 29.8 Å². The van der Waals surface area contributed by atoms with Crippen LogP contribution in [-0.2, 0) is 11.2 Å². The summed E-state index contributed by atoms with van der Waals surface area (Å²) >= 11 is 0. The van der Waals surface area contributed by atoms with Crippen molar-refractivity contribution in [3.05, 3.63) is 11.6 Å². The van der Waals surface area contributed by atoms with Crippen molar-refractivity contribution in [3.63, 3.8) is 0 Å². The van der Waals surface area contributed by atoms with E-state index in [2.05, 4.69) is 20.5 Å². The van der Waals surface area contributed by atoms with E-state index in [0.29, 0.717) is 5.82 Å². The zero-order chi connectivity index (χ0) is 12.7. The summed E-state index contributed by atoms with van der Waals surface area (Å²) in [7, 11) is 1.50. The van der Waals surface area contributed by atoms with Gasteiger partial charge in [-0.3, -0.25) is 9.89 Å². The summed E-state index contributed by atoms with van der Waals surface area (Å²) in [6.45, 7) is 2.07. The lowest BCUT2D eigenvalue weighted by molar-refractivity contribution is 0.0830. The highest BCUT2D eigenvalue weighted by Gasteiger charge is 2.16. The molecule has 0 bridgehead atoms. The lowest BCUT2D eigenvalue weighted by Gasteiger charge is -2.13. The second-order valence-electron chi connectivity index (χ2n) is 3.66. The fourth-order valence-electron chi connectivity index (χ4n) is 1.34. The average Bonchev–Trinajstić information content (AvgIpc) is 2.77. The van der Waals surface area contributed by atoms with Gasteiger partial charge in [-0.1, -0.05) is 6.92 Å². The molecule has 1 aromatic rings. The number of amides is 1. The standard InChI is InChI=1S/C10H18N4O3/c1-3-4-8-12-9(14-13-8)10(16)11-7(5-15)6-17-2/h7,15H,3-6H2,1-2H3,(H,11,16)(H,12,13,14). The van der Waals surface area contributed by atoms with E-state index in [0.717, 1.165) is 12.8 Å². The molecule has 3 N–H and O–H groups in total. The molecule has 0 saturated carbocycles. The van der Waals surface area contributed by atoms with E-state index in [1.165, 1.54) is 7.11 Å². The lowest BCUT2D eigenvalue weighted by Crippen LogP contribution is -2.41. The number of ether oxygens (including phenoxy) is 1. The third-order valence-corrected chi connectivity index (χ3v) is 2.15. The van der Waals surface area contributed by atoms with Crippen LogP contribution in [0.2, 0.25) is 0 Å². The number of carbonyl (C=O) groups excluding carboxylic acids is 1. The van der Waals surface area contributed by atoms with Gasteiger partial charge in [-0.25, -0.2) is 4.98 Å². The van der Waals surface area contributed by atoms with Crippen LogP contribution in [0.15, 0.2) is 0 Å². The summed E-state index contributed by atoms with van der Waals surface area (Å²) in [4.78, 5) is 15.7. The third kappa shape index (κ3) is 4.12. The van der Waals surface area contributed by atoms with Crippen LogP contribution < -0.4 is 5.32 Å². The maximum atomic E-state index is 11.7. The van der Waals surface area contributed by atoms with Gasteiger partial charge in [-0.2, -0.15) is 0 Å². The van der Waals surface area contributed by atoms with E-state index in [1.807, 2.05) is 6.92 Å². The number of hydrogen-bond acceptors (Lipinski definition) is 5. The predicted octanol–water partition coefficient (Wildman–Crippen LogP) is -0.506. The van der Waals surface area contributed by atoms with Gasteiger partial charge >= 0.3 is 0 Å². The van der Waals surface area contributed by atoms with Gasteiger partial charge in [-0.05, 0) is 6.42 Å². The van der Waals surface area contributed by atoms with Gasteiger partial charge in [0.2, 0.25) is 5.82 Å². The van der Waals surface area contributed by atoms with Crippen LogP contribution in [0.3, 0.4) is 0 Å². The maximum Gasteiger partial charge on any atom is 0.291 e. The molecule has 96 valence electrons. The lowest BCUT2D eigenvalue weighted by atomic mass is 10.3. The molecule has 1 unspecified atom stereocenters. The molecule has 0 radical (unpaired) electrons. The van der Waals surface area contributed by atoms with Gasteiger partial charge in [0.25, 0.3) is 5.91 Å². The Morgan fingerprint density at radius 1 is 1.65 bits per heavy atom. The number of aromatic amines is 1. The summed E-state index contributed by atoms with van der Waals surface area (Å²) in [5.41, 5.74) is 0. The first-order valence-corrected chi connectivity index (χ1v) is 5.53. The second kappa shape index (κ2) is 6.97. The highest BCUT2D eigenvalue weighted by atomic mass is 16.5. The molecule has 17 heavy (non-hydrogen) atoms. The number of hydrogen-bond donors (Lipinski definition) is 3. The Hall–Kier alpha value is -1.47. The summed E-state index contributed by atoms with van der Waals surface area (Å²) in [6, 6.07) is -0.444. The molecule has 0 saturated heterocycles. The molecule has 1 amide bonds. The van der Waals surface area contributed by atoms with Gasteiger partial charge in [-0.15, -0.1) is 5.10 Å². The molecule has 1 atom stereocenters. The van der Waals surface area contributed by atoms with Crippen molar-refractivity contribution < 1.29 is 14.6 Å². The SMILES string of the molecule is CCCc1nc(C(=O)NC(CO)COC)n[nH]1. The van der Waals surface area contributed by atoms with Gasteiger partial charge in [0.05, 0.1) is 19.3 Å². The van der Waals surface area contributed by atoms with Crippen LogP contribution in [0.5, 0.6) is 0 Å². The number of nitrogens with zero attached hydrogens (tertiary/aromatic N) is 2. The molecule has 0 aliphatic heterocycles. The normalized spacial score (nSPS) is 12.4. The van der Waals surface area contributed by atoms with Gasteiger partial charge < -0.3 is 15.2 Å². The molecule has 1 aromatic heterocycles. The Bertz CT molecular complexity index is 353. The number of H-pyrrole nitrogens is 1. The number of aliphatic hydroxyl groups excluding tert-OH is 1. The topological polar surface area (TPSA) is 100 Å². The van der Waals surface area contributed by atoms with E-state index >= 15 is 0 Å². The van der Waals surface area contributed by atoms with E-state index in [1.54, 1.807) is 0 Å². The number of aliphatic hydroxyl groups is 1. The van der Waals surface area contributed by atoms with E-state index < -0.39 is 11.9 Å². The molecule has 0 aromatic carbocycles. The monoisotopic (exact) mass is 242 g/mol. The third-order valence-electron chi connectivity index (χ3n) is 2.15. The second-order valence-corrected chi connectivity index (χ2v) is 3.66. The highest BCUT2D eigenvalue weighted by molar-refractivity contribution is 5.90. The van der Waals surface area contributed by atoms with Crippen LogP contribution in [0.25, 0.3) is 0 Å². The number of aromatic nitrogens is 3. The van der Waals surface area contributed by atoms with Crippen molar-refractivity contribution in [2.45, 2.75) is 25.8 Å². The largest absolute Gasteiger partial charge is 0.394 e. The molecule has 0 aliphatic carbocycles. The average molecular weight is 242 g/mol. The Kier molecular flexibility index (Phi) is 5.58. The molecule has 7 nitrogen and oxygen atoms in total. The highest BCUT2D eigenvalue weighted by Crippen LogP contribution is 1.97. The molecule has 0 fully saturated rings. The minimum atomic E-state index is -0.444. The molecule has 0 aliphatic rings. The van der Waals surface area contributed by atoms with Crippen LogP contribution >= 0.6 is 0 Å². The molecule has 1 heterocycles. The van der Waals surface area contributed by atoms with E-state index in [-0.39, 0.29) is 19.0 Å². The fourth-order valence-corrected chi connectivity index (χ4v) is 1.34. The van der Waals surface area contributed by atoms with Crippen molar-refractivity contribution >= 4 is 5.91 Å². The van der Waals surface area contributed by atoms with Crippen LogP contribution in [0.4, 0.5) is 0 Å². The summed E-state index contributed by atoms with van der Waals surface area (Å²) in [5, 5.41) is 18.1. The summed E-state index contributed by atoms with van der Waals surface area (Å²) in [6.07, 6.45) is 1.68. The quantitative estimate of drug-likeness (QED) is 0.598. The van der Waals surface area contributed by atoms with Crippen molar-refractivity contribution in [1.82, 2.24) is 20.5 Å². The number of aryl methyl sites for hydroxylation is 1. The van der Waals surface area contributed by atoms with Crippen molar-refractivity contribution in [1.29, 1.82) is 0 Å². The Balaban J connectivity index is 2.55. The minimum Gasteiger partial charge on any atom is -0.394 e. The van der Waals surface area contributed by atoms with Gasteiger partial charge in [0.1, 0.15) is 5.82 Å². The number of nitrogens with one attached hydrogen (secondary N) is 2. The number of methoxy groups -OCH3 is 1. The minimum absolute atomic E-state index is 0.0861. The maximum absolute atomic E-state index is 11.7. The molecular weight excluding hydrogens is 224 g/mol.